The molecule has 27 heavy (non-hydrogen) atoms. The number of benzene rings is 2. The van der Waals surface area contributed by atoms with Crippen molar-refractivity contribution in [3.63, 3.8) is 0 Å². The highest BCUT2D eigenvalue weighted by atomic mass is 16.6. The van der Waals surface area contributed by atoms with E-state index in [4.69, 9.17) is 0 Å². The number of hydrogen-bond donors (Lipinski definition) is 2. The van der Waals surface area contributed by atoms with Crippen molar-refractivity contribution in [3.8, 4) is 0 Å². The molecule has 2 aromatic rings. The molecule has 7 nitrogen and oxygen atoms in total. The summed E-state index contributed by atoms with van der Waals surface area (Å²) in [5.74, 6) is -0.253. The number of hydrogen-bond acceptors (Lipinski definition) is 5. The van der Waals surface area contributed by atoms with Gasteiger partial charge in [-0.05, 0) is 56.5 Å². The molecule has 1 atom stereocenters. The van der Waals surface area contributed by atoms with Crippen LogP contribution in [0.5, 0.6) is 0 Å². The summed E-state index contributed by atoms with van der Waals surface area (Å²) in [6.07, 6.45) is 2.46. The van der Waals surface area contributed by atoms with Crippen LogP contribution in [0, 0.1) is 17.0 Å². The quantitative estimate of drug-likeness (QED) is 0.596. The van der Waals surface area contributed by atoms with E-state index in [1.807, 2.05) is 12.1 Å². The molecular weight excluding hydrogens is 344 g/mol. The summed E-state index contributed by atoms with van der Waals surface area (Å²) in [6.45, 7) is 6.02. The Labute approximate surface area is 158 Å². The molecule has 2 N–H and O–H groups in total. The van der Waals surface area contributed by atoms with Gasteiger partial charge in [-0.3, -0.25) is 14.9 Å². The fraction of sp³-hybridized carbons (Fsp3) is 0.350. The summed E-state index contributed by atoms with van der Waals surface area (Å²) < 4.78 is 0. The molecule has 0 bridgehead atoms. The smallest absolute Gasteiger partial charge is 0.271 e. The lowest BCUT2D eigenvalue weighted by atomic mass is 10.1. The zero-order valence-electron chi connectivity index (χ0n) is 15.6. The van der Waals surface area contributed by atoms with Crippen molar-refractivity contribution in [2.24, 2.45) is 0 Å². The average Bonchev–Trinajstić information content (AvgIpc) is 3.16. The lowest BCUT2D eigenvalue weighted by Gasteiger charge is -2.22. The van der Waals surface area contributed by atoms with Gasteiger partial charge in [-0.1, -0.05) is 6.07 Å². The second-order valence-corrected chi connectivity index (χ2v) is 6.86. The Morgan fingerprint density at radius 1 is 1.15 bits per heavy atom. The molecule has 0 spiro atoms. The third-order valence-electron chi connectivity index (χ3n) is 4.74. The SMILES string of the molecule is Cc1cc(N[C@H](C)C(=O)Nc2cccc([N+](=O)[O-])c2)ccc1N1CCCC1. The third kappa shape index (κ3) is 4.55. The van der Waals surface area contributed by atoms with Gasteiger partial charge in [0.1, 0.15) is 6.04 Å². The average molecular weight is 368 g/mol. The molecule has 0 aromatic heterocycles. The predicted octanol–water partition coefficient (Wildman–Crippen LogP) is 3.94. The van der Waals surface area contributed by atoms with E-state index in [1.165, 1.54) is 36.2 Å². The maximum atomic E-state index is 12.4. The van der Waals surface area contributed by atoms with Crippen LogP contribution in [0.15, 0.2) is 42.5 Å². The Morgan fingerprint density at radius 2 is 1.89 bits per heavy atom. The van der Waals surface area contributed by atoms with Crippen LogP contribution >= 0.6 is 0 Å². The molecule has 0 aliphatic carbocycles. The molecule has 7 heteroatoms. The van der Waals surface area contributed by atoms with Gasteiger partial charge in [0.25, 0.3) is 5.69 Å². The van der Waals surface area contributed by atoms with Crippen LogP contribution in [0.4, 0.5) is 22.7 Å². The largest absolute Gasteiger partial charge is 0.374 e. The van der Waals surface area contributed by atoms with Crippen LogP contribution < -0.4 is 15.5 Å². The topological polar surface area (TPSA) is 87.5 Å². The standard InChI is InChI=1S/C20H24N4O3/c1-14-12-17(8-9-19(14)23-10-3-4-11-23)21-15(2)20(25)22-16-6-5-7-18(13-16)24(26)27/h5-9,12-13,15,21H,3-4,10-11H2,1-2H3,(H,22,25)/t15-/m1/s1. The molecule has 1 amide bonds. The lowest BCUT2D eigenvalue weighted by Crippen LogP contribution is -2.32. The van der Waals surface area contributed by atoms with Crippen LogP contribution in [0.25, 0.3) is 0 Å². The van der Waals surface area contributed by atoms with Crippen LogP contribution in [-0.4, -0.2) is 30.0 Å². The summed E-state index contributed by atoms with van der Waals surface area (Å²) in [5, 5.41) is 16.8. The highest BCUT2D eigenvalue weighted by molar-refractivity contribution is 5.96. The monoisotopic (exact) mass is 368 g/mol. The minimum Gasteiger partial charge on any atom is -0.374 e. The first-order valence-corrected chi connectivity index (χ1v) is 9.11. The summed E-state index contributed by atoms with van der Waals surface area (Å²) >= 11 is 0. The van der Waals surface area contributed by atoms with Gasteiger partial charge >= 0.3 is 0 Å². The molecule has 2 aromatic carbocycles. The minimum absolute atomic E-state index is 0.0541. The van der Waals surface area contributed by atoms with Crippen molar-refractivity contribution < 1.29 is 9.72 Å². The van der Waals surface area contributed by atoms with E-state index in [-0.39, 0.29) is 11.6 Å². The molecule has 1 saturated heterocycles. The van der Waals surface area contributed by atoms with E-state index in [0.29, 0.717) is 5.69 Å². The van der Waals surface area contributed by atoms with Crippen molar-refractivity contribution in [3.05, 3.63) is 58.1 Å². The molecule has 1 fully saturated rings. The Hall–Kier alpha value is -3.09. The first kappa shape index (κ1) is 18.7. The summed E-state index contributed by atoms with van der Waals surface area (Å²) in [7, 11) is 0. The van der Waals surface area contributed by atoms with Crippen LogP contribution in [0.2, 0.25) is 0 Å². The number of rotatable bonds is 6. The van der Waals surface area contributed by atoms with Crippen LogP contribution in [0.3, 0.4) is 0 Å². The van der Waals surface area contributed by atoms with E-state index >= 15 is 0 Å². The van der Waals surface area contributed by atoms with E-state index in [9.17, 15) is 14.9 Å². The highest BCUT2D eigenvalue weighted by Gasteiger charge is 2.17. The number of amides is 1. The Balaban J connectivity index is 1.63. The molecule has 142 valence electrons. The van der Waals surface area contributed by atoms with Gasteiger partial charge in [0.05, 0.1) is 4.92 Å². The molecule has 1 aliphatic rings. The number of carbonyl (C=O) groups excluding carboxylic acids is 1. The zero-order chi connectivity index (χ0) is 19.4. The van der Waals surface area contributed by atoms with Gasteiger partial charge in [-0.25, -0.2) is 0 Å². The fourth-order valence-electron chi connectivity index (χ4n) is 3.32. The van der Waals surface area contributed by atoms with Crippen molar-refractivity contribution >= 4 is 28.7 Å². The van der Waals surface area contributed by atoms with Gasteiger partial charge in [-0.15, -0.1) is 0 Å². The van der Waals surface area contributed by atoms with E-state index < -0.39 is 11.0 Å². The molecule has 1 heterocycles. The summed E-state index contributed by atoms with van der Waals surface area (Å²) in [6, 6.07) is 11.6. The van der Waals surface area contributed by atoms with Gasteiger partial charge in [-0.2, -0.15) is 0 Å². The molecule has 3 rings (SSSR count). The normalized spacial score (nSPS) is 14.7. The number of aryl methyl sites for hydroxylation is 1. The van der Waals surface area contributed by atoms with E-state index in [1.54, 1.807) is 19.1 Å². The Morgan fingerprint density at radius 3 is 2.56 bits per heavy atom. The van der Waals surface area contributed by atoms with Gasteiger partial charge in [0, 0.05) is 42.3 Å². The Bertz CT molecular complexity index is 847. The number of carbonyl (C=O) groups is 1. The molecule has 0 unspecified atom stereocenters. The second-order valence-electron chi connectivity index (χ2n) is 6.86. The van der Waals surface area contributed by atoms with Crippen molar-refractivity contribution in [1.82, 2.24) is 0 Å². The Kier molecular flexibility index (Phi) is 5.59. The number of anilines is 3. The minimum atomic E-state index is -0.485. The van der Waals surface area contributed by atoms with Gasteiger partial charge in [0.15, 0.2) is 0 Å². The number of nitro groups is 1. The molecule has 0 saturated carbocycles. The first-order valence-electron chi connectivity index (χ1n) is 9.11. The maximum absolute atomic E-state index is 12.4. The van der Waals surface area contributed by atoms with Crippen LogP contribution in [0.1, 0.15) is 25.3 Å². The fourth-order valence-corrected chi connectivity index (χ4v) is 3.32. The summed E-state index contributed by atoms with van der Waals surface area (Å²) in [5.41, 5.74) is 3.64. The number of nitrogens with zero attached hydrogens (tertiary/aromatic N) is 2. The lowest BCUT2D eigenvalue weighted by molar-refractivity contribution is -0.384. The van der Waals surface area contributed by atoms with Crippen molar-refractivity contribution in [2.75, 3.05) is 28.6 Å². The van der Waals surface area contributed by atoms with E-state index in [2.05, 4.69) is 28.5 Å². The van der Waals surface area contributed by atoms with Crippen molar-refractivity contribution in [2.45, 2.75) is 32.7 Å². The van der Waals surface area contributed by atoms with Gasteiger partial charge < -0.3 is 15.5 Å². The predicted molar refractivity (Wildman–Crippen MR) is 107 cm³/mol. The van der Waals surface area contributed by atoms with Crippen molar-refractivity contribution in [1.29, 1.82) is 0 Å². The zero-order valence-corrected chi connectivity index (χ0v) is 15.6. The number of nitrogens with one attached hydrogen (secondary N) is 2. The van der Waals surface area contributed by atoms with Crippen LogP contribution in [-0.2, 0) is 4.79 Å². The number of nitro benzene ring substituents is 1. The third-order valence-corrected chi connectivity index (χ3v) is 4.74. The first-order chi connectivity index (χ1) is 12.9. The maximum Gasteiger partial charge on any atom is 0.271 e. The van der Waals surface area contributed by atoms with Gasteiger partial charge in [0.2, 0.25) is 5.91 Å². The summed E-state index contributed by atoms with van der Waals surface area (Å²) in [4.78, 5) is 25.2. The molecule has 1 aliphatic heterocycles. The molecule has 0 radical (unpaired) electrons. The highest BCUT2D eigenvalue weighted by Crippen LogP contribution is 2.27. The molecular formula is C20H24N4O3. The number of non-ortho nitro benzene ring substituents is 1. The second kappa shape index (κ2) is 8.07. The van der Waals surface area contributed by atoms with E-state index in [0.717, 1.165) is 18.8 Å².